The van der Waals surface area contributed by atoms with E-state index in [1.54, 1.807) is 7.11 Å². The van der Waals surface area contributed by atoms with Crippen LogP contribution in [0, 0.1) is 13.8 Å². The summed E-state index contributed by atoms with van der Waals surface area (Å²) in [7, 11) is 1.63. The Hall–Kier alpha value is -3.78. The molecule has 4 rings (SSSR count). The van der Waals surface area contributed by atoms with Crippen LogP contribution in [-0.4, -0.2) is 40.1 Å². The monoisotopic (exact) mass is 488 g/mol. The van der Waals surface area contributed by atoms with Crippen molar-refractivity contribution in [3.63, 3.8) is 0 Å². The molecule has 8 heteroatoms. The number of hydrogen-bond acceptors (Lipinski definition) is 6. The third-order valence-electron chi connectivity index (χ3n) is 5.47. The molecule has 4 aromatic rings. The van der Waals surface area contributed by atoms with E-state index in [2.05, 4.69) is 15.5 Å². The predicted molar refractivity (Wildman–Crippen MR) is 140 cm³/mol. The van der Waals surface area contributed by atoms with Crippen molar-refractivity contribution in [3.05, 3.63) is 77.9 Å². The first-order valence-corrected chi connectivity index (χ1v) is 12.3. The molecule has 7 nitrogen and oxygen atoms in total. The van der Waals surface area contributed by atoms with Gasteiger partial charge in [-0.05, 0) is 80.4 Å². The highest BCUT2D eigenvalue weighted by Crippen LogP contribution is 2.30. The minimum absolute atomic E-state index is 0.0976. The number of aryl methyl sites for hydroxylation is 2. The van der Waals surface area contributed by atoms with E-state index < -0.39 is 0 Å². The number of benzene rings is 3. The Kier molecular flexibility index (Phi) is 7.72. The number of carbonyl (C=O) groups excluding carboxylic acids is 1. The SMILES string of the molecule is CCOc1ccc(-n2c(SCC(=O)Nc3c(C)cccc3C)nnc2-c2ccc(OC)cc2)cc1. The number of rotatable bonds is 9. The molecule has 0 aliphatic carbocycles. The van der Waals surface area contributed by atoms with Crippen molar-refractivity contribution in [1.82, 2.24) is 14.8 Å². The lowest BCUT2D eigenvalue weighted by atomic mass is 10.1. The molecule has 0 saturated heterocycles. The van der Waals surface area contributed by atoms with Crippen LogP contribution in [0.2, 0.25) is 0 Å². The summed E-state index contributed by atoms with van der Waals surface area (Å²) < 4.78 is 12.8. The number of thioether (sulfide) groups is 1. The Morgan fingerprint density at radius 2 is 1.60 bits per heavy atom. The van der Waals surface area contributed by atoms with Crippen LogP contribution in [-0.2, 0) is 4.79 Å². The van der Waals surface area contributed by atoms with Crippen LogP contribution in [0.1, 0.15) is 18.1 Å². The number of nitrogens with zero attached hydrogens (tertiary/aromatic N) is 3. The van der Waals surface area contributed by atoms with E-state index in [1.165, 1.54) is 11.8 Å². The Labute approximate surface area is 209 Å². The zero-order valence-corrected chi connectivity index (χ0v) is 21.1. The molecule has 3 aromatic carbocycles. The van der Waals surface area contributed by atoms with Gasteiger partial charge in [0.05, 0.1) is 19.5 Å². The Morgan fingerprint density at radius 1 is 0.943 bits per heavy atom. The van der Waals surface area contributed by atoms with Crippen LogP contribution in [0.3, 0.4) is 0 Å². The fraction of sp³-hybridized carbons (Fsp3) is 0.222. The zero-order chi connectivity index (χ0) is 24.8. The third-order valence-corrected chi connectivity index (χ3v) is 6.39. The zero-order valence-electron chi connectivity index (χ0n) is 20.2. The number of ether oxygens (including phenoxy) is 2. The molecule has 0 spiro atoms. The number of hydrogen-bond donors (Lipinski definition) is 1. The van der Waals surface area contributed by atoms with E-state index in [-0.39, 0.29) is 11.7 Å². The van der Waals surface area contributed by atoms with Crippen molar-refractivity contribution >= 4 is 23.4 Å². The molecule has 35 heavy (non-hydrogen) atoms. The molecule has 1 N–H and O–H groups in total. The maximum absolute atomic E-state index is 12.8. The normalized spacial score (nSPS) is 10.7. The van der Waals surface area contributed by atoms with Crippen molar-refractivity contribution in [2.45, 2.75) is 25.9 Å². The summed E-state index contributed by atoms with van der Waals surface area (Å²) in [6, 6.07) is 21.4. The molecule has 1 amide bonds. The van der Waals surface area contributed by atoms with Gasteiger partial charge in [-0.15, -0.1) is 10.2 Å². The summed E-state index contributed by atoms with van der Waals surface area (Å²) >= 11 is 1.34. The average Bonchev–Trinajstić information content (AvgIpc) is 3.30. The number of carbonyl (C=O) groups is 1. The molecule has 0 radical (unpaired) electrons. The maximum atomic E-state index is 12.8. The lowest BCUT2D eigenvalue weighted by molar-refractivity contribution is -0.113. The van der Waals surface area contributed by atoms with Crippen molar-refractivity contribution in [2.24, 2.45) is 0 Å². The van der Waals surface area contributed by atoms with E-state index in [0.29, 0.717) is 17.6 Å². The van der Waals surface area contributed by atoms with Crippen molar-refractivity contribution in [3.8, 4) is 28.6 Å². The topological polar surface area (TPSA) is 78.3 Å². The second kappa shape index (κ2) is 11.1. The van der Waals surface area contributed by atoms with Crippen LogP contribution in [0.25, 0.3) is 17.1 Å². The summed E-state index contributed by atoms with van der Waals surface area (Å²) in [5.41, 5.74) is 4.68. The third kappa shape index (κ3) is 5.66. The Morgan fingerprint density at radius 3 is 2.23 bits per heavy atom. The largest absolute Gasteiger partial charge is 0.497 e. The first kappa shape index (κ1) is 24.3. The summed E-state index contributed by atoms with van der Waals surface area (Å²) in [6.07, 6.45) is 0. The molecule has 180 valence electrons. The maximum Gasteiger partial charge on any atom is 0.234 e. The number of amides is 1. The number of para-hydroxylation sites is 1. The molecule has 0 saturated carbocycles. The Balaban J connectivity index is 1.62. The number of aromatic nitrogens is 3. The highest BCUT2D eigenvalue weighted by atomic mass is 32.2. The van der Waals surface area contributed by atoms with Crippen LogP contribution < -0.4 is 14.8 Å². The van der Waals surface area contributed by atoms with Gasteiger partial charge in [0.15, 0.2) is 11.0 Å². The second-order valence-electron chi connectivity index (χ2n) is 7.90. The molecule has 1 heterocycles. The van der Waals surface area contributed by atoms with Crippen molar-refractivity contribution in [2.75, 3.05) is 24.8 Å². The second-order valence-corrected chi connectivity index (χ2v) is 8.84. The standard InChI is InChI=1S/C27H28N4O3S/c1-5-34-23-15-11-21(12-16-23)31-26(20-9-13-22(33-4)14-10-20)29-30-27(31)35-17-24(32)28-25-18(2)7-6-8-19(25)3/h6-16H,5,17H2,1-4H3,(H,28,32). The fourth-order valence-corrected chi connectivity index (χ4v) is 4.45. The van der Waals surface area contributed by atoms with Crippen molar-refractivity contribution in [1.29, 1.82) is 0 Å². The molecule has 0 atom stereocenters. The van der Waals surface area contributed by atoms with Gasteiger partial charge in [0.25, 0.3) is 0 Å². The first-order valence-electron chi connectivity index (χ1n) is 11.3. The van der Waals surface area contributed by atoms with Crippen LogP contribution in [0.15, 0.2) is 71.9 Å². The van der Waals surface area contributed by atoms with E-state index in [1.807, 2.05) is 92.1 Å². The minimum Gasteiger partial charge on any atom is -0.497 e. The molecule has 0 aliphatic heterocycles. The average molecular weight is 489 g/mol. The fourth-order valence-electron chi connectivity index (χ4n) is 3.70. The van der Waals surface area contributed by atoms with Gasteiger partial charge in [-0.3, -0.25) is 9.36 Å². The van der Waals surface area contributed by atoms with Crippen LogP contribution >= 0.6 is 11.8 Å². The molecule has 0 aliphatic rings. The van der Waals surface area contributed by atoms with Gasteiger partial charge < -0.3 is 14.8 Å². The van der Waals surface area contributed by atoms with Crippen LogP contribution in [0.4, 0.5) is 5.69 Å². The van der Waals surface area contributed by atoms with E-state index in [9.17, 15) is 4.79 Å². The van der Waals surface area contributed by atoms with Gasteiger partial charge in [-0.1, -0.05) is 30.0 Å². The molecule has 0 bridgehead atoms. The lowest BCUT2D eigenvalue weighted by Gasteiger charge is -2.13. The molecule has 1 aromatic heterocycles. The van der Waals surface area contributed by atoms with Gasteiger partial charge in [0.1, 0.15) is 11.5 Å². The first-order chi connectivity index (χ1) is 17.0. The van der Waals surface area contributed by atoms with Gasteiger partial charge in [-0.25, -0.2) is 0 Å². The Bertz CT molecular complexity index is 1280. The summed E-state index contributed by atoms with van der Waals surface area (Å²) in [4.78, 5) is 12.8. The highest BCUT2D eigenvalue weighted by molar-refractivity contribution is 7.99. The van der Waals surface area contributed by atoms with E-state index >= 15 is 0 Å². The molecular formula is C27H28N4O3S. The van der Waals surface area contributed by atoms with E-state index in [0.717, 1.165) is 39.6 Å². The molecule has 0 unspecified atom stereocenters. The number of anilines is 1. The highest BCUT2D eigenvalue weighted by Gasteiger charge is 2.18. The molecular weight excluding hydrogens is 460 g/mol. The summed E-state index contributed by atoms with van der Waals surface area (Å²) in [5.74, 6) is 2.33. The van der Waals surface area contributed by atoms with Crippen molar-refractivity contribution < 1.29 is 14.3 Å². The van der Waals surface area contributed by atoms with Gasteiger partial charge in [0.2, 0.25) is 5.91 Å². The van der Waals surface area contributed by atoms with Gasteiger partial charge in [-0.2, -0.15) is 0 Å². The number of methoxy groups -OCH3 is 1. The smallest absolute Gasteiger partial charge is 0.234 e. The minimum atomic E-state index is -0.0976. The molecule has 0 fully saturated rings. The summed E-state index contributed by atoms with van der Waals surface area (Å²) in [5, 5.41) is 12.5. The number of nitrogens with one attached hydrogen (secondary N) is 1. The predicted octanol–water partition coefficient (Wildman–Crippen LogP) is 5.69. The van der Waals surface area contributed by atoms with Gasteiger partial charge in [0, 0.05) is 16.9 Å². The summed E-state index contributed by atoms with van der Waals surface area (Å²) in [6.45, 7) is 6.52. The van der Waals surface area contributed by atoms with Crippen LogP contribution in [0.5, 0.6) is 11.5 Å². The quantitative estimate of drug-likeness (QED) is 0.305. The van der Waals surface area contributed by atoms with E-state index in [4.69, 9.17) is 9.47 Å². The van der Waals surface area contributed by atoms with Gasteiger partial charge >= 0.3 is 0 Å². The lowest BCUT2D eigenvalue weighted by Crippen LogP contribution is -2.16.